The number of aromatic nitrogens is 1. The lowest BCUT2D eigenvalue weighted by Gasteiger charge is -2.08. The van der Waals surface area contributed by atoms with Gasteiger partial charge in [0.05, 0.1) is 0 Å². The number of hydrogen-bond acceptors (Lipinski definition) is 2. The highest BCUT2D eigenvalue weighted by molar-refractivity contribution is 7.99. The lowest BCUT2D eigenvalue weighted by Crippen LogP contribution is -2.05. The Morgan fingerprint density at radius 2 is 2.00 bits per heavy atom. The zero-order chi connectivity index (χ0) is 14.8. The van der Waals surface area contributed by atoms with Gasteiger partial charge in [-0.2, -0.15) is 0 Å². The third-order valence-corrected chi connectivity index (χ3v) is 4.79. The highest BCUT2D eigenvalue weighted by Crippen LogP contribution is 2.38. The zero-order valence-corrected chi connectivity index (χ0v) is 12.9. The molecule has 2 aromatic carbocycles. The molecular weight excluding hydrogens is 283 g/mol. The van der Waals surface area contributed by atoms with Gasteiger partial charge in [0.15, 0.2) is 0 Å². The standard InChI is InChI=1S/C17H17FN2S/c1-11-17(14-9-13(18)7-8-15(14)20-11)21-16-6-4-3-5-12(16)10-19-2/h3-9,19-20H,10H2,1-2H3. The molecule has 0 amide bonds. The van der Waals surface area contributed by atoms with E-state index in [0.717, 1.165) is 28.0 Å². The summed E-state index contributed by atoms with van der Waals surface area (Å²) in [5.74, 6) is -0.202. The molecule has 0 aliphatic heterocycles. The van der Waals surface area contributed by atoms with E-state index in [9.17, 15) is 4.39 Å². The zero-order valence-electron chi connectivity index (χ0n) is 12.0. The van der Waals surface area contributed by atoms with Crippen LogP contribution in [0.5, 0.6) is 0 Å². The molecule has 3 rings (SSSR count). The predicted molar refractivity (Wildman–Crippen MR) is 86.3 cm³/mol. The van der Waals surface area contributed by atoms with E-state index in [4.69, 9.17) is 0 Å². The summed E-state index contributed by atoms with van der Waals surface area (Å²) in [6.45, 7) is 2.85. The minimum atomic E-state index is -0.202. The Morgan fingerprint density at radius 1 is 1.19 bits per heavy atom. The van der Waals surface area contributed by atoms with Crippen molar-refractivity contribution in [3.05, 3.63) is 59.5 Å². The topological polar surface area (TPSA) is 27.8 Å². The smallest absolute Gasteiger partial charge is 0.123 e. The predicted octanol–water partition coefficient (Wildman–Crippen LogP) is 4.49. The van der Waals surface area contributed by atoms with Crippen LogP contribution in [-0.4, -0.2) is 12.0 Å². The summed E-state index contributed by atoms with van der Waals surface area (Å²) in [5.41, 5.74) is 3.29. The van der Waals surface area contributed by atoms with E-state index in [2.05, 4.69) is 22.4 Å². The van der Waals surface area contributed by atoms with Crippen LogP contribution >= 0.6 is 11.8 Å². The van der Waals surface area contributed by atoms with Crippen LogP contribution < -0.4 is 5.32 Å². The molecule has 0 radical (unpaired) electrons. The fourth-order valence-corrected chi connectivity index (χ4v) is 3.58. The Hall–Kier alpha value is -1.78. The van der Waals surface area contributed by atoms with Crippen molar-refractivity contribution in [3.63, 3.8) is 0 Å². The van der Waals surface area contributed by atoms with Gasteiger partial charge in [0.1, 0.15) is 5.82 Å². The van der Waals surface area contributed by atoms with E-state index in [1.165, 1.54) is 16.5 Å². The number of nitrogens with one attached hydrogen (secondary N) is 2. The normalized spacial score (nSPS) is 11.2. The summed E-state index contributed by atoms with van der Waals surface area (Å²) in [6.07, 6.45) is 0. The van der Waals surface area contributed by atoms with E-state index in [1.807, 2.05) is 26.1 Å². The molecule has 0 spiro atoms. The molecule has 3 aromatic rings. The first-order valence-corrected chi connectivity index (χ1v) is 7.69. The van der Waals surface area contributed by atoms with Crippen LogP contribution in [0.3, 0.4) is 0 Å². The SMILES string of the molecule is CNCc1ccccc1Sc1c(C)[nH]c2ccc(F)cc12. The number of H-pyrrole nitrogens is 1. The molecule has 0 atom stereocenters. The Balaban J connectivity index is 2.06. The maximum Gasteiger partial charge on any atom is 0.123 e. The van der Waals surface area contributed by atoms with Crippen LogP contribution in [-0.2, 0) is 6.54 Å². The van der Waals surface area contributed by atoms with Gasteiger partial charge in [-0.25, -0.2) is 4.39 Å². The average Bonchev–Trinajstić information content (AvgIpc) is 2.77. The van der Waals surface area contributed by atoms with Gasteiger partial charge in [-0.05, 0) is 43.8 Å². The summed E-state index contributed by atoms with van der Waals surface area (Å²) in [6, 6.07) is 13.2. The Bertz CT molecular complexity index is 780. The minimum absolute atomic E-state index is 0.202. The molecular formula is C17H17FN2S. The Labute approximate surface area is 127 Å². The van der Waals surface area contributed by atoms with Gasteiger partial charge in [-0.1, -0.05) is 30.0 Å². The minimum Gasteiger partial charge on any atom is -0.358 e. The number of hydrogen-bond donors (Lipinski definition) is 2. The second-order valence-electron chi connectivity index (χ2n) is 5.01. The fourth-order valence-electron chi connectivity index (χ4n) is 2.46. The van der Waals surface area contributed by atoms with E-state index in [1.54, 1.807) is 23.9 Å². The van der Waals surface area contributed by atoms with Crippen molar-refractivity contribution in [2.24, 2.45) is 0 Å². The molecule has 108 valence electrons. The van der Waals surface area contributed by atoms with Crippen molar-refractivity contribution in [1.82, 2.24) is 10.3 Å². The molecule has 1 heterocycles. The molecule has 0 aliphatic rings. The van der Waals surface area contributed by atoms with Crippen molar-refractivity contribution in [1.29, 1.82) is 0 Å². The summed E-state index contributed by atoms with van der Waals surface area (Å²) >= 11 is 1.69. The number of rotatable bonds is 4. The van der Waals surface area contributed by atoms with Gasteiger partial charge >= 0.3 is 0 Å². The quantitative estimate of drug-likeness (QED) is 0.743. The number of fused-ring (bicyclic) bond motifs is 1. The Morgan fingerprint density at radius 3 is 2.81 bits per heavy atom. The number of aryl methyl sites for hydroxylation is 1. The first kappa shape index (κ1) is 14.2. The van der Waals surface area contributed by atoms with Crippen LogP contribution in [0, 0.1) is 12.7 Å². The third-order valence-electron chi connectivity index (χ3n) is 3.44. The van der Waals surface area contributed by atoms with E-state index in [0.29, 0.717) is 0 Å². The van der Waals surface area contributed by atoms with Gasteiger partial charge in [0.2, 0.25) is 0 Å². The van der Waals surface area contributed by atoms with Crippen LogP contribution in [0.25, 0.3) is 10.9 Å². The molecule has 0 aliphatic carbocycles. The first-order valence-electron chi connectivity index (χ1n) is 6.87. The van der Waals surface area contributed by atoms with Crippen molar-refractivity contribution < 1.29 is 4.39 Å². The van der Waals surface area contributed by atoms with Gasteiger partial charge in [0, 0.05) is 32.9 Å². The third kappa shape index (κ3) is 2.82. The van der Waals surface area contributed by atoms with Crippen LogP contribution in [0.4, 0.5) is 4.39 Å². The highest BCUT2D eigenvalue weighted by Gasteiger charge is 2.12. The van der Waals surface area contributed by atoms with Crippen LogP contribution in [0.15, 0.2) is 52.3 Å². The summed E-state index contributed by atoms with van der Waals surface area (Å²) in [4.78, 5) is 5.61. The first-order chi connectivity index (χ1) is 10.2. The second-order valence-corrected chi connectivity index (χ2v) is 6.06. The monoisotopic (exact) mass is 300 g/mol. The highest BCUT2D eigenvalue weighted by atomic mass is 32.2. The molecule has 0 saturated heterocycles. The molecule has 1 aromatic heterocycles. The van der Waals surface area contributed by atoms with Crippen molar-refractivity contribution >= 4 is 22.7 Å². The van der Waals surface area contributed by atoms with E-state index < -0.39 is 0 Å². The molecule has 2 nitrogen and oxygen atoms in total. The van der Waals surface area contributed by atoms with E-state index >= 15 is 0 Å². The summed E-state index contributed by atoms with van der Waals surface area (Å²) in [7, 11) is 1.94. The molecule has 0 bridgehead atoms. The number of aromatic amines is 1. The van der Waals surface area contributed by atoms with E-state index in [-0.39, 0.29) is 5.82 Å². The maximum atomic E-state index is 13.5. The molecule has 0 fully saturated rings. The lowest BCUT2D eigenvalue weighted by atomic mass is 10.2. The molecule has 4 heteroatoms. The molecule has 0 unspecified atom stereocenters. The second kappa shape index (κ2) is 5.92. The van der Waals surface area contributed by atoms with Gasteiger partial charge in [0.25, 0.3) is 0 Å². The largest absolute Gasteiger partial charge is 0.358 e. The fraction of sp³-hybridized carbons (Fsp3) is 0.176. The Kier molecular flexibility index (Phi) is 3.99. The molecule has 2 N–H and O–H groups in total. The van der Waals surface area contributed by atoms with Crippen LogP contribution in [0.1, 0.15) is 11.3 Å². The van der Waals surface area contributed by atoms with Gasteiger partial charge in [-0.15, -0.1) is 0 Å². The summed E-state index contributed by atoms with van der Waals surface area (Å²) in [5, 5.41) is 4.13. The van der Waals surface area contributed by atoms with Gasteiger partial charge < -0.3 is 10.3 Å². The van der Waals surface area contributed by atoms with Crippen molar-refractivity contribution in [2.75, 3.05) is 7.05 Å². The van der Waals surface area contributed by atoms with Crippen LogP contribution in [0.2, 0.25) is 0 Å². The average molecular weight is 300 g/mol. The number of benzene rings is 2. The number of halogens is 1. The molecule has 21 heavy (non-hydrogen) atoms. The maximum absolute atomic E-state index is 13.5. The van der Waals surface area contributed by atoms with Crippen molar-refractivity contribution in [3.8, 4) is 0 Å². The molecule has 0 saturated carbocycles. The van der Waals surface area contributed by atoms with Crippen molar-refractivity contribution in [2.45, 2.75) is 23.3 Å². The lowest BCUT2D eigenvalue weighted by molar-refractivity contribution is 0.629. The van der Waals surface area contributed by atoms with Gasteiger partial charge in [-0.3, -0.25) is 0 Å². The summed E-state index contributed by atoms with van der Waals surface area (Å²) < 4.78 is 13.5.